The third kappa shape index (κ3) is 2.31. The standard InChI is InChI=1S/C15H18N5O3S/c1-9(21)15-18-12-7-17-14-11(3-5-16-14)13(12)20(15)10-4-6-19(8-10)24(2,22)23/h3,5,7,9-10,21H,4,6,8H2,1-2H3/t9?,10-/m1/s1. The summed E-state index contributed by atoms with van der Waals surface area (Å²) in [6.45, 7) is 2.51. The van der Waals surface area contributed by atoms with E-state index in [0.29, 0.717) is 36.7 Å². The molecule has 0 bridgehead atoms. The number of aliphatic hydroxyl groups excluding tert-OH is 1. The van der Waals surface area contributed by atoms with Gasteiger partial charge in [0.15, 0.2) is 5.82 Å². The Morgan fingerprint density at radius 2 is 2.21 bits per heavy atom. The Hall–Kier alpha value is -1.97. The summed E-state index contributed by atoms with van der Waals surface area (Å²) < 4.78 is 27.1. The van der Waals surface area contributed by atoms with Crippen LogP contribution in [0.3, 0.4) is 0 Å². The predicted molar refractivity (Wildman–Crippen MR) is 89.1 cm³/mol. The van der Waals surface area contributed by atoms with Crippen LogP contribution in [-0.4, -0.2) is 51.7 Å². The summed E-state index contributed by atoms with van der Waals surface area (Å²) >= 11 is 0. The van der Waals surface area contributed by atoms with E-state index in [1.54, 1.807) is 19.3 Å². The topological polar surface area (TPSA) is 102 Å². The van der Waals surface area contributed by atoms with E-state index in [4.69, 9.17) is 0 Å². The van der Waals surface area contributed by atoms with Crippen molar-refractivity contribution in [2.45, 2.75) is 25.5 Å². The summed E-state index contributed by atoms with van der Waals surface area (Å²) in [4.78, 5) is 8.82. The van der Waals surface area contributed by atoms with Crippen LogP contribution >= 0.6 is 0 Å². The second-order valence-electron chi connectivity index (χ2n) is 6.25. The van der Waals surface area contributed by atoms with Crippen molar-refractivity contribution in [2.24, 2.45) is 0 Å². The Kier molecular flexibility index (Phi) is 3.41. The van der Waals surface area contributed by atoms with Crippen molar-refractivity contribution in [1.82, 2.24) is 24.2 Å². The van der Waals surface area contributed by atoms with E-state index in [9.17, 15) is 13.5 Å². The van der Waals surface area contributed by atoms with E-state index in [0.717, 1.165) is 11.1 Å². The van der Waals surface area contributed by atoms with Crippen molar-refractivity contribution in [1.29, 1.82) is 0 Å². The summed E-state index contributed by atoms with van der Waals surface area (Å²) in [6, 6.07) is -0.0742. The molecule has 2 aromatic rings. The van der Waals surface area contributed by atoms with Crippen LogP contribution in [0.2, 0.25) is 0 Å². The second kappa shape index (κ2) is 5.27. The average Bonchev–Trinajstić information content (AvgIpc) is 3.22. The van der Waals surface area contributed by atoms with Crippen LogP contribution < -0.4 is 5.32 Å². The van der Waals surface area contributed by atoms with Crippen molar-refractivity contribution >= 4 is 33.0 Å². The van der Waals surface area contributed by atoms with Crippen LogP contribution in [0.15, 0.2) is 12.4 Å². The van der Waals surface area contributed by atoms with Crippen LogP contribution in [0.25, 0.3) is 17.1 Å². The minimum atomic E-state index is -3.23. The normalized spacial score (nSPS) is 22.0. The number of hydrogen-bond donors (Lipinski definition) is 1. The third-order valence-corrected chi connectivity index (χ3v) is 5.81. The lowest BCUT2D eigenvalue weighted by atomic mass is 10.2. The van der Waals surface area contributed by atoms with E-state index in [-0.39, 0.29) is 6.04 Å². The highest BCUT2D eigenvalue weighted by Crippen LogP contribution is 2.36. The number of hydrogen-bond acceptors (Lipinski definition) is 5. The molecule has 1 radical (unpaired) electrons. The first-order chi connectivity index (χ1) is 11.4. The number of pyridine rings is 1. The fraction of sp³-hybridized carbons (Fsp3) is 0.467. The molecule has 2 aromatic heterocycles. The summed E-state index contributed by atoms with van der Waals surface area (Å²) in [5.41, 5.74) is 2.41. The lowest BCUT2D eigenvalue weighted by molar-refractivity contribution is 0.182. The molecule has 0 amide bonds. The number of rotatable bonds is 3. The van der Waals surface area contributed by atoms with Gasteiger partial charge in [-0.3, -0.25) is 0 Å². The molecule has 2 atom stereocenters. The van der Waals surface area contributed by atoms with Gasteiger partial charge < -0.3 is 9.67 Å². The largest absolute Gasteiger partial charge is 0.385 e. The predicted octanol–water partition coefficient (Wildman–Crippen LogP) is 0.911. The van der Waals surface area contributed by atoms with Crippen molar-refractivity contribution in [3.8, 4) is 0 Å². The minimum absolute atomic E-state index is 0.0742. The summed E-state index contributed by atoms with van der Waals surface area (Å²) in [7, 11) is -3.23. The highest BCUT2D eigenvalue weighted by molar-refractivity contribution is 7.88. The zero-order valence-corrected chi connectivity index (χ0v) is 14.2. The lowest BCUT2D eigenvalue weighted by Crippen LogP contribution is -2.28. The Morgan fingerprint density at radius 1 is 1.42 bits per heavy atom. The SMILES string of the molecule is CC(O)c1nc2cnc3c(c2n1[C@@H]1CCN(S(C)(=O)=O)C1)C=C[N]3. The van der Waals surface area contributed by atoms with Gasteiger partial charge in [-0.1, -0.05) is 0 Å². The monoisotopic (exact) mass is 348 g/mol. The zero-order chi connectivity index (χ0) is 17.1. The number of aliphatic hydroxyl groups is 1. The molecule has 127 valence electrons. The van der Waals surface area contributed by atoms with Gasteiger partial charge in [-0.15, -0.1) is 0 Å². The number of nitrogens with zero attached hydrogens (tertiary/aromatic N) is 5. The number of sulfonamides is 1. The number of imidazole rings is 1. The van der Waals surface area contributed by atoms with E-state index in [2.05, 4.69) is 15.3 Å². The molecule has 1 fully saturated rings. The van der Waals surface area contributed by atoms with Gasteiger partial charge in [0.05, 0.1) is 24.0 Å². The first-order valence-electron chi connectivity index (χ1n) is 7.77. The molecule has 2 aliphatic heterocycles. The van der Waals surface area contributed by atoms with Crippen LogP contribution in [0.1, 0.15) is 36.9 Å². The Bertz CT molecular complexity index is 948. The summed E-state index contributed by atoms with van der Waals surface area (Å²) in [6.07, 6.45) is 6.35. The van der Waals surface area contributed by atoms with Gasteiger partial charge in [0.25, 0.3) is 0 Å². The average molecular weight is 348 g/mol. The molecule has 0 aliphatic carbocycles. The van der Waals surface area contributed by atoms with Crippen LogP contribution in [0.5, 0.6) is 0 Å². The maximum atomic E-state index is 11.8. The van der Waals surface area contributed by atoms with Crippen molar-refractivity contribution in [2.75, 3.05) is 19.3 Å². The first-order valence-corrected chi connectivity index (χ1v) is 9.62. The highest BCUT2D eigenvalue weighted by Gasteiger charge is 2.33. The first kappa shape index (κ1) is 15.6. The maximum absolute atomic E-state index is 11.8. The summed E-state index contributed by atoms with van der Waals surface area (Å²) in [5.74, 6) is 1.15. The maximum Gasteiger partial charge on any atom is 0.211 e. The smallest absolute Gasteiger partial charge is 0.211 e. The van der Waals surface area contributed by atoms with Gasteiger partial charge in [0.1, 0.15) is 17.4 Å². The van der Waals surface area contributed by atoms with E-state index in [1.807, 2.05) is 10.6 Å². The van der Waals surface area contributed by atoms with Gasteiger partial charge in [0.2, 0.25) is 10.0 Å². The second-order valence-corrected chi connectivity index (χ2v) is 8.24. The number of aromatic nitrogens is 3. The molecular weight excluding hydrogens is 330 g/mol. The zero-order valence-electron chi connectivity index (χ0n) is 13.4. The Labute approximate surface area is 139 Å². The molecule has 4 rings (SSSR count). The van der Waals surface area contributed by atoms with Gasteiger partial charge in [-0.05, 0) is 19.4 Å². The van der Waals surface area contributed by atoms with Gasteiger partial charge in [-0.25, -0.2) is 28.0 Å². The summed E-state index contributed by atoms with van der Waals surface area (Å²) in [5, 5.41) is 14.4. The molecule has 0 aromatic carbocycles. The fourth-order valence-electron chi connectivity index (χ4n) is 3.45. The molecular formula is C15H18N5O3S. The van der Waals surface area contributed by atoms with E-state index >= 15 is 0 Å². The molecule has 9 heteroatoms. The molecule has 1 saturated heterocycles. The highest BCUT2D eigenvalue weighted by atomic mass is 32.2. The molecule has 2 aliphatic rings. The molecule has 24 heavy (non-hydrogen) atoms. The quantitative estimate of drug-likeness (QED) is 0.888. The minimum Gasteiger partial charge on any atom is -0.385 e. The Morgan fingerprint density at radius 3 is 2.88 bits per heavy atom. The molecule has 1 unspecified atom stereocenters. The van der Waals surface area contributed by atoms with Crippen molar-refractivity contribution < 1.29 is 13.5 Å². The van der Waals surface area contributed by atoms with E-state index in [1.165, 1.54) is 10.6 Å². The molecule has 4 heterocycles. The van der Waals surface area contributed by atoms with Crippen molar-refractivity contribution in [3.63, 3.8) is 0 Å². The van der Waals surface area contributed by atoms with Gasteiger partial charge >= 0.3 is 0 Å². The van der Waals surface area contributed by atoms with Crippen LogP contribution in [0.4, 0.5) is 5.82 Å². The van der Waals surface area contributed by atoms with Crippen LogP contribution in [0, 0.1) is 0 Å². The molecule has 0 saturated carbocycles. The number of fused-ring (bicyclic) bond motifs is 3. The lowest BCUT2D eigenvalue weighted by Gasteiger charge is -2.19. The molecule has 1 N–H and O–H groups in total. The Balaban J connectivity index is 1.89. The van der Waals surface area contributed by atoms with Gasteiger partial charge in [0, 0.05) is 24.9 Å². The van der Waals surface area contributed by atoms with Gasteiger partial charge in [-0.2, -0.15) is 0 Å². The molecule has 0 spiro atoms. The van der Waals surface area contributed by atoms with E-state index < -0.39 is 16.1 Å². The third-order valence-electron chi connectivity index (χ3n) is 4.54. The molecule has 8 nitrogen and oxygen atoms in total. The fourth-order valence-corrected chi connectivity index (χ4v) is 4.33. The van der Waals surface area contributed by atoms with Crippen molar-refractivity contribution in [3.05, 3.63) is 23.8 Å². The van der Waals surface area contributed by atoms with Crippen LogP contribution in [-0.2, 0) is 10.0 Å².